The van der Waals surface area contributed by atoms with Crippen LogP contribution in [0.15, 0.2) is 41.1 Å². The van der Waals surface area contributed by atoms with Crippen LogP contribution in [0.5, 0.6) is 5.75 Å². The predicted octanol–water partition coefficient (Wildman–Crippen LogP) is 3.41. The third-order valence-electron chi connectivity index (χ3n) is 3.97. The first-order chi connectivity index (χ1) is 11.5. The van der Waals surface area contributed by atoms with Gasteiger partial charge in [0, 0.05) is 0 Å². The van der Waals surface area contributed by atoms with Gasteiger partial charge in [-0.25, -0.2) is 4.79 Å². The molecule has 1 aromatic heterocycles. The number of carbonyl (C=O) groups is 1. The quantitative estimate of drug-likeness (QED) is 0.718. The first kappa shape index (κ1) is 18.3. The summed E-state index contributed by atoms with van der Waals surface area (Å²) < 4.78 is 5.15. The summed E-state index contributed by atoms with van der Waals surface area (Å²) in [5.74, 6) is 0.782. The predicted molar refractivity (Wildman–Crippen MR) is 96.5 cm³/mol. The molecule has 0 bridgehead atoms. The fraction of sp³-hybridized carbons (Fsp3) is 0.389. The van der Waals surface area contributed by atoms with Crippen LogP contribution in [0, 0.1) is 0 Å². The maximum Gasteiger partial charge on any atom is 0.315 e. The molecule has 0 aliphatic heterocycles. The summed E-state index contributed by atoms with van der Waals surface area (Å²) in [6, 6.07) is 9.09. The van der Waals surface area contributed by atoms with Crippen molar-refractivity contribution in [3.8, 4) is 5.75 Å². The van der Waals surface area contributed by atoms with Crippen LogP contribution in [0.1, 0.15) is 37.4 Å². The lowest BCUT2D eigenvalue weighted by Crippen LogP contribution is -2.44. The van der Waals surface area contributed by atoms with Crippen molar-refractivity contribution in [2.24, 2.45) is 0 Å². The molecule has 0 radical (unpaired) electrons. The highest BCUT2D eigenvalue weighted by molar-refractivity contribution is 7.08. The van der Waals surface area contributed by atoms with Crippen LogP contribution in [-0.4, -0.2) is 24.8 Å². The average Bonchev–Trinajstić information content (AvgIpc) is 3.14. The second-order valence-corrected chi connectivity index (χ2v) is 6.63. The Kier molecular flexibility index (Phi) is 6.23. The monoisotopic (exact) mass is 348 g/mol. The lowest BCUT2D eigenvalue weighted by Gasteiger charge is -2.24. The van der Waals surface area contributed by atoms with Crippen LogP contribution in [-0.2, 0) is 5.60 Å². The van der Waals surface area contributed by atoms with Crippen molar-refractivity contribution in [1.82, 2.24) is 10.6 Å². The SMILES string of the molecule is CCC(NC(=O)NCC(C)(O)c1ccsc1)c1ccc(OC)cc1. The molecule has 3 N–H and O–H groups in total. The van der Waals surface area contributed by atoms with Crippen molar-refractivity contribution >= 4 is 17.4 Å². The number of carbonyl (C=O) groups excluding carboxylic acids is 1. The number of thiophene rings is 1. The molecular formula is C18H24N2O3S. The van der Waals surface area contributed by atoms with Gasteiger partial charge in [-0.15, -0.1) is 0 Å². The molecule has 6 heteroatoms. The maximum absolute atomic E-state index is 12.2. The van der Waals surface area contributed by atoms with Gasteiger partial charge in [0.1, 0.15) is 11.4 Å². The van der Waals surface area contributed by atoms with Crippen LogP contribution in [0.25, 0.3) is 0 Å². The van der Waals surface area contributed by atoms with Gasteiger partial charge in [-0.05, 0) is 53.4 Å². The van der Waals surface area contributed by atoms with Crippen molar-refractivity contribution in [3.05, 3.63) is 52.2 Å². The largest absolute Gasteiger partial charge is 0.497 e. The van der Waals surface area contributed by atoms with Gasteiger partial charge in [-0.3, -0.25) is 0 Å². The molecule has 2 unspecified atom stereocenters. The van der Waals surface area contributed by atoms with E-state index >= 15 is 0 Å². The van der Waals surface area contributed by atoms with Crippen LogP contribution >= 0.6 is 11.3 Å². The van der Waals surface area contributed by atoms with Crippen molar-refractivity contribution in [3.63, 3.8) is 0 Å². The lowest BCUT2D eigenvalue weighted by molar-refractivity contribution is 0.0597. The summed E-state index contributed by atoms with van der Waals surface area (Å²) in [6.07, 6.45) is 0.765. The minimum absolute atomic E-state index is 0.0954. The first-order valence-corrected chi connectivity index (χ1v) is 8.84. The second kappa shape index (κ2) is 8.17. The molecule has 0 aliphatic carbocycles. The van der Waals surface area contributed by atoms with Crippen LogP contribution in [0.3, 0.4) is 0 Å². The Morgan fingerprint density at radius 2 is 2.04 bits per heavy atom. The number of aliphatic hydroxyl groups is 1. The van der Waals surface area contributed by atoms with Gasteiger partial charge >= 0.3 is 6.03 Å². The minimum atomic E-state index is -1.08. The van der Waals surface area contributed by atoms with Gasteiger partial charge in [0.05, 0.1) is 19.7 Å². The van der Waals surface area contributed by atoms with Gasteiger partial charge in [0.2, 0.25) is 0 Å². The normalized spacial score (nSPS) is 14.5. The molecule has 0 spiro atoms. The van der Waals surface area contributed by atoms with Crippen LogP contribution in [0.2, 0.25) is 0 Å². The number of rotatable bonds is 7. The van der Waals surface area contributed by atoms with E-state index in [1.54, 1.807) is 14.0 Å². The van der Waals surface area contributed by atoms with E-state index in [1.165, 1.54) is 11.3 Å². The lowest BCUT2D eigenvalue weighted by atomic mass is 9.99. The van der Waals surface area contributed by atoms with E-state index in [4.69, 9.17) is 4.74 Å². The molecule has 2 aromatic rings. The third-order valence-corrected chi connectivity index (χ3v) is 4.65. The number of amides is 2. The van der Waals surface area contributed by atoms with E-state index in [2.05, 4.69) is 10.6 Å². The molecule has 0 fully saturated rings. The van der Waals surface area contributed by atoms with Crippen molar-refractivity contribution in [2.75, 3.05) is 13.7 Å². The Morgan fingerprint density at radius 3 is 2.58 bits per heavy atom. The van der Waals surface area contributed by atoms with Gasteiger partial charge in [0.25, 0.3) is 0 Å². The summed E-state index contributed by atoms with van der Waals surface area (Å²) >= 11 is 1.52. The number of hydrogen-bond donors (Lipinski definition) is 3. The van der Waals surface area contributed by atoms with Crippen LogP contribution < -0.4 is 15.4 Å². The minimum Gasteiger partial charge on any atom is -0.497 e. The van der Waals surface area contributed by atoms with Crippen molar-refractivity contribution in [1.29, 1.82) is 0 Å². The van der Waals surface area contributed by atoms with Gasteiger partial charge in [-0.2, -0.15) is 11.3 Å². The Labute approximate surface area is 146 Å². The first-order valence-electron chi connectivity index (χ1n) is 7.89. The number of ether oxygens (including phenoxy) is 1. The van der Waals surface area contributed by atoms with E-state index in [1.807, 2.05) is 48.0 Å². The van der Waals surface area contributed by atoms with E-state index in [0.29, 0.717) is 0 Å². The summed E-state index contributed by atoms with van der Waals surface area (Å²) in [5, 5.41) is 19.9. The number of benzene rings is 1. The average molecular weight is 348 g/mol. The maximum atomic E-state index is 12.2. The smallest absolute Gasteiger partial charge is 0.315 e. The number of methoxy groups -OCH3 is 1. The molecule has 1 aromatic carbocycles. The second-order valence-electron chi connectivity index (χ2n) is 5.85. The third kappa shape index (κ3) is 4.72. The topological polar surface area (TPSA) is 70.6 Å². The zero-order valence-corrected chi connectivity index (χ0v) is 15.0. The zero-order valence-electron chi connectivity index (χ0n) is 14.2. The highest BCUT2D eigenvalue weighted by Gasteiger charge is 2.24. The standard InChI is InChI=1S/C18H24N2O3S/c1-4-16(13-5-7-15(23-3)8-6-13)20-17(21)19-12-18(2,22)14-9-10-24-11-14/h5-11,16,22H,4,12H2,1-3H3,(H2,19,20,21). The van der Waals surface area contributed by atoms with Crippen molar-refractivity contribution < 1.29 is 14.6 Å². The van der Waals surface area contributed by atoms with E-state index < -0.39 is 5.60 Å². The molecule has 2 atom stereocenters. The molecule has 0 saturated carbocycles. The molecule has 5 nitrogen and oxygen atoms in total. The Morgan fingerprint density at radius 1 is 1.33 bits per heavy atom. The van der Waals surface area contributed by atoms with E-state index in [0.717, 1.165) is 23.3 Å². The van der Waals surface area contributed by atoms with E-state index in [-0.39, 0.29) is 18.6 Å². The summed E-state index contributed by atoms with van der Waals surface area (Å²) in [7, 11) is 1.62. The number of urea groups is 1. The van der Waals surface area contributed by atoms with Gasteiger partial charge < -0.3 is 20.5 Å². The Bertz CT molecular complexity index is 639. The highest BCUT2D eigenvalue weighted by Crippen LogP contribution is 2.22. The van der Waals surface area contributed by atoms with Crippen molar-refractivity contribution in [2.45, 2.75) is 31.9 Å². The highest BCUT2D eigenvalue weighted by atomic mass is 32.1. The molecule has 24 heavy (non-hydrogen) atoms. The molecular weight excluding hydrogens is 324 g/mol. The Hall–Kier alpha value is -2.05. The molecule has 2 amide bonds. The van der Waals surface area contributed by atoms with Crippen LogP contribution in [0.4, 0.5) is 4.79 Å². The summed E-state index contributed by atoms with van der Waals surface area (Å²) in [4.78, 5) is 12.2. The summed E-state index contributed by atoms with van der Waals surface area (Å²) in [6.45, 7) is 3.85. The molecule has 0 saturated heterocycles. The molecule has 1 heterocycles. The zero-order chi connectivity index (χ0) is 17.6. The molecule has 130 valence electrons. The van der Waals surface area contributed by atoms with Gasteiger partial charge in [0.15, 0.2) is 0 Å². The number of nitrogens with one attached hydrogen (secondary N) is 2. The van der Waals surface area contributed by atoms with Gasteiger partial charge in [-0.1, -0.05) is 19.1 Å². The molecule has 0 aliphatic rings. The Balaban J connectivity index is 1.92. The fourth-order valence-corrected chi connectivity index (χ4v) is 3.17. The summed E-state index contributed by atoms with van der Waals surface area (Å²) in [5.41, 5.74) is 0.729. The van der Waals surface area contributed by atoms with E-state index in [9.17, 15) is 9.90 Å². The fourth-order valence-electron chi connectivity index (χ4n) is 2.39. The molecule has 2 rings (SSSR count). The number of hydrogen-bond acceptors (Lipinski definition) is 4.